The van der Waals surface area contributed by atoms with Gasteiger partial charge in [-0.2, -0.15) is 0 Å². The lowest BCUT2D eigenvalue weighted by atomic mass is 10.0. The number of ether oxygens (including phenoxy) is 3. The number of esters is 3. The molecule has 0 aliphatic rings. The van der Waals surface area contributed by atoms with E-state index >= 15 is 0 Å². The van der Waals surface area contributed by atoms with Crippen LogP contribution in [0.4, 0.5) is 0 Å². The molecule has 0 aromatic carbocycles. The van der Waals surface area contributed by atoms with Crippen molar-refractivity contribution in [2.24, 2.45) is 11.8 Å². The average Bonchev–Trinajstić information content (AvgIpc) is 3.16. The van der Waals surface area contributed by atoms with E-state index in [1.807, 2.05) is 0 Å². The Bertz CT molecular complexity index is 854. The van der Waals surface area contributed by atoms with E-state index in [1.54, 1.807) is 0 Å². The highest BCUT2D eigenvalue weighted by Crippen LogP contribution is 2.17. The fourth-order valence-corrected chi connectivity index (χ4v) is 7.46. The van der Waals surface area contributed by atoms with E-state index < -0.39 is 6.10 Å². The molecule has 0 aromatic rings. The quantitative estimate of drug-likeness (QED) is 0.0347. The summed E-state index contributed by atoms with van der Waals surface area (Å²) in [4.78, 5) is 37.8. The van der Waals surface area contributed by atoms with Crippen LogP contribution in [0.25, 0.3) is 0 Å². The second-order valence-corrected chi connectivity index (χ2v) is 18.1. The van der Waals surface area contributed by atoms with Crippen molar-refractivity contribution in [2.45, 2.75) is 278 Å². The molecule has 0 amide bonds. The highest BCUT2D eigenvalue weighted by atomic mass is 16.6. The van der Waals surface area contributed by atoms with Crippen molar-refractivity contribution in [1.82, 2.24) is 0 Å². The first-order valence-electron chi connectivity index (χ1n) is 24.7. The summed E-state index contributed by atoms with van der Waals surface area (Å²) in [6.07, 6.45) is 42.4. The molecular formula is C50H96O6. The Morgan fingerprint density at radius 1 is 0.339 bits per heavy atom. The molecule has 332 valence electrons. The van der Waals surface area contributed by atoms with Crippen LogP contribution in [0.2, 0.25) is 0 Å². The zero-order valence-electron chi connectivity index (χ0n) is 38.3. The van der Waals surface area contributed by atoms with Crippen LogP contribution in [0.15, 0.2) is 0 Å². The van der Waals surface area contributed by atoms with Gasteiger partial charge in [-0.1, -0.05) is 234 Å². The molecule has 0 aromatic heterocycles. The minimum Gasteiger partial charge on any atom is -0.462 e. The van der Waals surface area contributed by atoms with Gasteiger partial charge >= 0.3 is 17.9 Å². The lowest BCUT2D eigenvalue weighted by Crippen LogP contribution is -2.30. The first-order valence-corrected chi connectivity index (χ1v) is 24.7. The molecule has 0 fully saturated rings. The third kappa shape index (κ3) is 43.5. The monoisotopic (exact) mass is 793 g/mol. The lowest BCUT2D eigenvalue weighted by Gasteiger charge is -2.18. The third-order valence-electron chi connectivity index (χ3n) is 11.2. The van der Waals surface area contributed by atoms with Crippen LogP contribution >= 0.6 is 0 Å². The number of carbonyl (C=O) groups excluding carboxylic acids is 3. The van der Waals surface area contributed by atoms with Gasteiger partial charge in [-0.25, -0.2) is 0 Å². The van der Waals surface area contributed by atoms with Gasteiger partial charge in [0, 0.05) is 19.3 Å². The van der Waals surface area contributed by atoms with Crippen molar-refractivity contribution in [2.75, 3.05) is 13.2 Å². The molecule has 0 spiro atoms. The van der Waals surface area contributed by atoms with E-state index in [9.17, 15) is 14.4 Å². The average molecular weight is 793 g/mol. The van der Waals surface area contributed by atoms with Gasteiger partial charge in [0.25, 0.3) is 0 Å². The van der Waals surface area contributed by atoms with Crippen molar-refractivity contribution in [1.29, 1.82) is 0 Å². The summed E-state index contributed by atoms with van der Waals surface area (Å²) in [7, 11) is 0. The molecule has 0 N–H and O–H groups in total. The standard InChI is InChI=1S/C50H96O6/c1-6-7-8-9-10-18-25-30-35-40-48(51)54-43-47(44-55-49(52)41-36-31-26-22-21-24-29-34-39-46(4)5)56-50(53)42-37-32-27-20-17-15-13-11-12-14-16-19-23-28-33-38-45(2)3/h45-47H,6-44H2,1-5H3/t47-/m0/s1. The topological polar surface area (TPSA) is 78.9 Å². The molecule has 1 atom stereocenters. The minimum absolute atomic E-state index is 0.0646. The molecule has 0 unspecified atom stereocenters. The first kappa shape index (κ1) is 54.4. The van der Waals surface area contributed by atoms with Crippen LogP contribution in [0.1, 0.15) is 272 Å². The van der Waals surface area contributed by atoms with E-state index in [4.69, 9.17) is 14.2 Å². The maximum Gasteiger partial charge on any atom is 0.306 e. The largest absolute Gasteiger partial charge is 0.462 e. The highest BCUT2D eigenvalue weighted by Gasteiger charge is 2.19. The van der Waals surface area contributed by atoms with Crippen LogP contribution in [0, 0.1) is 11.8 Å². The smallest absolute Gasteiger partial charge is 0.306 e. The van der Waals surface area contributed by atoms with Crippen LogP contribution < -0.4 is 0 Å². The lowest BCUT2D eigenvalue weighted by molar-refractivity contribution is -0.167. The normalized spacial score (nSPS) is 12.1. The molecule has 56 heavy (non-hydrogen) atoms. The number of carbonyl (C=O) groups is 3. The zero-order valence-corrected chi connectivity index (χ0v) is 38.3. The van der Waals surface area contributed by atoms with Crippen LogP contribution in [-0.2, 0) is 28.6 Å². The number of hydrogen-bond donors (Lipinski definition) is 0. The van der Waals surface area contributed by atoms with Gasteiger partial charge in [0.05, 0.1) is 0 Å². The molecule has 0 aliphatic heterocycles. The Hall–Kier alpha value is -1.59. The maximum absolute atomic E-state index is 12.8. The second kappa shape index (κ2) is 43.0. The van der Waals surface area contributed by atoms with Gasteiger partial charge in [-0.3, -0.25) is 14.4 Å². The Balaban J connectivity index is 4.25. The Morgan fingerprint density at radius 2 is 0.589 bits per heavy atom. The Labute approximate surface area is 348 Å². The zero-order chi connectivity index (χ0) is 41.2. The molecule has 0 saturated heterocycles. The molecule has 6 nitrogen and oxygen atoms in total. The Kier molecular flexibility index (Phi) is 41.8. The maximum atomic E-state index is 12.8. The molecule has 0 saturated carbocycles. The van der Waals surface area contributed by atoms with Gasteiger partial charge in [0.2, 0.25) is 0 Å². The summed E-state index contributed by atoms with van der Waals surface area (Å²) < 4.78 is 16.7. The molecule has 0 rings (SSSR count). The molecule has 0 aliphatic carbocycles. The van der Waals surface area contributed by atoms with E-state index in [2.05, 4.69) is 34.6 Å². The van der Waals surface area contributed by atoms with Crippen LogP contribution in [0.3, 0.4) is 0 Å². The molecule has 0 heterocycles. The van der Waals surface area contributed by atoms with Crippen molar-refractivity contribution < 1.29 is 28.6 Å². The summed E-state index contributed by atoms with van der Waals surface area (Å²) in [6, 6.07) is 0. The predicted octanol–water partition coefficient (Wildman–Crippen LogP) is 15.8. The van der Waals surface area contributed by atoms with Crippen molar-refractivity contribution in [3.63, 3.8) is 0 Å². The molecule has 0 radical (unpaired) electrons. The molecule has 0 bridgehead atoms. The number of rotatable bonds is 44. The number of unbranched alkanes of at least 4 members (excludes halogenated alkanes) is 29. The molecular weight excluding hydrogens is 697 g/mol. The van der Waals surface area contributed by atoms with Crippen LogP contribution in [-0.4, -0.2) is 37.2 Å². The fraction of sp³-hybridized carbons (Fsp3) is 0.940. The fourth-order valence-electron chi connectivity index (χ4n) is 7.46. The van der Waals surface area contributed by atoms with Crippen LogP contribution in [0.5, 0.6) is 0 Å². The van der Waals surface area contributed by atoms with E-state index in [1.165, 1.54) is 161 Å². The van der Waals surface area contributed by atoms with Gasteiger partial charge < -0.3 is 14.2 Å². The minimum atomic E-state index is -0.760. The van der Waals surface area contributed by atoms with Crippen molar-refractivity contribution in [3.8, 4) is 0 Å². The van der Waals surface area contributed by atoms with Gasteiger partial charge in [0.1, 0.15) is 13.2 Å². The van der Waals surface area contributed by atoms with Crippen molar-refractivity contribution in [3.05, 3.63) is 0 Å². The Morgan fingerprint density at radius 3 is 0.875 bits per heavy atom. The van der Waals surface area contributed by atoms with Gasteiger partial charge in [0.15, 0.2) is 6.10 Å². The third-order valence-corrected chi connectivity index (χ3v) is 11.2. The van der Waals surface area contributed by atoms with E-state index in [0.29, 0.717) is 19.3 Å². The SMILES string of the molecule is CCCCCCCCCCCC(=O)OC[C@@H](COC(=O)CCCCCCCCCCC(C)C)OC(=O)CCCCCCCCCCCCCCCCCC(C)C. The molecule has 6 heteroatoms. The highest BCUT2D eigenvalue weighted by molar-refractivity contribution is 5.71. The van der Waals surface area contributed by atoms with E-state index in [-0.39, 0.29) is 31.1 Å². The summed E-state index contributed by atoms with van der Waals surface area (Å²) in [5.41, 5.74) is 0. The summed E-state index contributed by atoms with van der Waals surface area (Å²) in [6.45, 7) is 11.3. The second-order valence-electron chi connectivity index (χ2n) is 18.1. The van der Waals surface area contributed by atoms with Gasteiger partial charge in [-0.05, 0) is 31.1 Å². The first-order chi connectivity index (χ1) is 27.2. The number of hydrogen-bond acceptors (Lipinski definition) is 6. The van der Waals surface area contributed by atoms with E-state index in [0.717, 1.165) is 69.6 Å². The van der Waals surface area contributed by atoms with Gasteiger partial charge in [-0.15, -0.1) is 0 Å². The summed E-state index contributed by atoms with van der Waals surface area (Å²) in [5, 5.41) is 0. The van der Waals surface area contributed by atoms with Crippen molar-refractivity contribution >= 4 is 17.9 Å². The summed E-state index contributed by atoms with van der Waals surface area (Å²) in [5.74, 6) is 0.789. The summed E-state index contributed by atoms with van der Waals surface area (Å²) >= 11 is 0. The predicted molar refractivity (Wildman–Crippen MR) is 238 cm³/mol.